The summed E-state index contributed by atoms with van der Waals surface area (Å²) in [6.45, 7) is 2.62. The molecule has 0 saturated carbocycles. The number of carbonyl (C=O) groups is 1. The number of anilines is 1. The maximum absolute atomic E-state index is 13.0. The van der Waals surface area contributed by atoms with Crippen LogP contribution in [-0.2, 0) is 11.4 Å². The van der Waals surface area contributed by atoms with Gasteiger partial charge in [0.1, 0.15) is 29.8 Å². The summed E-state index contributed by atoms with van der Waals surface area (Å²) in [7, 11) is 0. The molecule has 0 fully saturated rings. The Kier molecular flexibility index (Phi) is 8.47. The second-order valence-corrected chi connectivity index (χ2v) is 8.07. The molecule has 0 heterocycles. The van der Waals surface area contributed by atoms with E-state index in [0.29, 0.717) is 38.9 Å². The van der Waals surface area contributed by atoms with Gasteiger partial charge in [0.15, 0.2) is 5.75 Å². The third-order valence-corrected chi connectivity index (χ3v) is 5.29. The number of carbonyl (C=O) groups excluding carboxylic acids is 1. The van der Waals surface area contributed by atoms with E-state index in [-0.39, 0.29) is 18.0 Å². The summed E-state index contributed by atoms with van der Waals surface area (Å²) >= 11 is 9.77. The van der Waals surface area contributed by atoms with Crippen LogP contribution in [-0.4, -0.2) is 12.5 Å². The van der Waals surface area contributed by atoms with Crippen molar-refractivity contribution in [2.75, 3.05) is 11.9 Å². The number of hydrogen-bond donors (Lipinski definition) is 1. The number of amides is 1. The molecule has 3 aromatic carbocycles. The summed E-state index contributed by atoms with van der Waals surface area (Å²) in [6.07, 6.45) is 1.43. The lowest BCUT2D eigenvalue weighted by molar-refractivity contribution is -0.112. The van der Waals surface area contributed by atoms with E-state index in [9.17, 15) is 14.4 Å². The molecule has 33 heavy (non-hydrogen) atoms. The number of halogens is 3. The maximum atomic E-state index is 13.0. The van der Waals surface area contributed by atoms with Gasteiger partial charge < -0.3 is 14.8 Å². The molecule has 0 bridgehead atoms. The zero-order valence-corrected chi connectivity index (χ0v) is 19.9. The third kappa shape index (κ3) is 6.82. The summed E-state index contributed by atoms with van der Waals surface area (Å²) in [5.41, 5.74) is 1.76. The minimum Gasteiger partial charge on any atom is -0.494 e. The fourth-order valence-electron chi connectivity index (χ4n) is 2.85. The maximum Gasteiger partial charge on any atom is 0.266 e. The van der Waals surface area contributed by atoms with Gasteiger partial charge in [-0.1, -0.05) is 23.7 Å². The second-order valence-electron chi connectivity index (χ2n) is 6.81. The molecule has 0 aromatic heterocycles. The lowest BCUT2D eigenvalue weighted by Crippen LogP contribution is -2.13. The molecule has 0 aliphatic carbocycles. The second kappa shape index (κ2) is 11.5. The number of nitriles is 1. The Balaban J connectivity index is 1.72. The highest BCUT2D eigenvalue weighted by Crippen LogP contribution is 2.35. The van der Waals surface area contributed by atoms with Crippen molar-refractivity contribution < 1.29 is 18.7 Å². The Morgan fingerprint density at radius 3 is 2.45 bits per heavy atom. The van der Waals surface area contributed by atoms with E-state index in [1.165, 1.54) is 18.2 Å². The summed E-state index contributed by atoms with van der Waals surface area (Å²) < 4.78 is 24.7. The van der Waals surface area contributed by atoms with Crippen LogP contribution in [0.15, 0.2) is 70.7 Å². The van der Waals surface area contributed by atoms with Gasteiger partial charge in [-0.2, -0.15) is 5.26 Å². The molecular formula is C25H19BrClFN2O3. The van der Waals surface area contributed by atoms with Gasteiger partial charge in [-0.05, 0) is 88.6 Å². The van der Waals surface area contributed by atoms with Crippen LogP contribution in [0, 0.1) is 17.1 Å². The van der Waals surface area contributed by atoms with Crippen LogP contribution in [0.1, 0.15) is 18.1 Å². The van der Waals surface area contributed by atoms with Crippen LogP contribution in [0.5, 0.6) is 11.5 Å². The van der Waals surface area contributed by atoms with Gasteiger partial charge >= 0.3 is 0 Å². The number of nitrogens with one attached hydrogen (secondary N) is 1. The lowest BCUT2D eigenvalue weighted by atomic mass is 10.1. The molecule has 5 nitrogen and oxygen atoms in total. The predicted molar refractivity (Wildman–Crippen MR) is 130 cm³/mol. The van der Waals surface area contributed by atoms with E-state index < -0.39 is 5.91 Å². The summed E-state index contributed by atoms with van der Waals surface area (Å²) in [5, 5.41) is 12.5. The molecule has 0 aliphatic rings. The highest BCUT2D eigenvalue weighted by molar-refractivity contribution is 9.10. The quantitative estimate of drug-likeness (QED) is 0.258. The largest absolute Gasteiger partial charge is 0.494 e. The van der Waals surface area contributed by atoms with Gasteiger partial charge in [0.2, 0.25) is 0 Å². The fraction of sp³-hybridized carbons (Fsp3) is 0.120. The minimum atomic E-state index is -0.550. The Morgan fingerprint density at radius 2 is 1.85 bits per heavy atom. The molecule has 1 amide bonds. The van der Waals surface area contributed by atoms with Crippen LogP contribution in [0.3, 0.4) is 0 Å². The molecule has 0 saturated heterocycles. The van der Waals surface area contributed by atoms with E-state index >= 15 is 0 Å². The van der Waals surface area contributed by atoms with Crippen molar-refractivity contribution in [2.24, 2.45) is 0 Å². The van der Waals surface area contributed by atoms with Crippen LogP contribution >= 0.6 is 27.5 Å². The standard InChI is InChI=1S/C25H19BrClFN2O3/c1-2-32-21-9-7-20(8-10-21)30-25(31)18(14-29)11-17-12-22(26)24(23(27)13-17)33-15-16-3-5-19(28)6-4-16/h3-13H,2,15H2,1H3,(H,30,31)/b18-11-. The van der Waals surface area contributed by atoms with Crippen LogP contribution in [0.25, 0.3) is 6.08 Å². The molecule has 0 spiro atoms. The Morgan fingerprint density at radius 1 is 1.15 bits per heavy atom. The zero-order valence-electron chi connectivity index (χ0n) is 17.6. The molecule has 8 heteroatoms. The predicted octanol–water partition coefficient (Wildman–Crippen LogP) is 6.76. The molecule has 0 atom stereocenters. The molecule has 168 valence electrons. The van der Waals surface area contributed by atoms with Crippen LogP contribution < -0.4 is 14.8 Å². The highest BCUT2D eigenvalue weighted by Gasteiger charge is 2.13. The lowest BCUT2D eigenvalue weighted by Gasteiger charge is -2.11. The Hall–Kier alpha value is -3.34. The van der Waals surface area contributed by atoms with Gasteiger partial charge in [0.25, 0.3) is 5.91 Å². The molecule has 1 N–H and O–H groups in total. The first-order chi connectivity index (χ1) is 15.9. The third-order valence-electron chi connectivity index (χ3n) is 4.42. The monoisotopic (exact) mass is 528 g/mol. The van der Waals surface area contributed by atoms with Crippen LogP contribution in [0.4, 0.5) is 10.1 Å². The summed E-state index contributed by atoms with van der Waals surface area (Å²) in [6, 6.07) is 18.0. The number of rotatable bonds is 8. The van der Waals surface area contributed by atoms with Gasteiger partial charge in [0.05, 0.1) is 16.1 Å². The molecule has 0 aliphatic heterocycles. The first-order valence-corrected chi connectivity index (χ1v) is 11.1. The van der Waals surface area contributed by atoms with Crippen molar-refractivity contribution in [1.82, 2.24) is 0 Å². The first kappa shape index (κ1) is 24.3. The molecule has 0 unspecified atom stereocenters. The van der Waals surface area contributed by atoms with E-state index in [2.05, 4.69) is 21.2 Å². The molecule has 3 aromatic rings. The molecular weight excluding hydrogens is 511 g/mol. The zero-order chi connectivity index (χ0) is 23.8. The van der Waals surface area contributed by atoms with Gasteiger partial charge in [-0.25, -0.2) is 4.39 Å². The smallest absolute Gasteiger partial charge is 0.266 e. The number of nitrogens with zero attached hydrogens (tertiary/aromatic N) is 1. The Labute approximate surface area is 204 Å². The average Bonchev–Trinajstić information content (AvgIpc) is 2.79. The summed E-state index contributed by atoms with van der Waals surface area (Å²) in [4.78, 5) is 12.5. The number of ether oxygens (including phenoxy) is 2. The Bertz CT molecular complexity index is 1180. The number of benzene rings is 3. The molecule has 3 rings (SSSR count). The van der Waals surface area contributed by atoms with Crippen LogP contribution in [0.2, 0.25) is 5.02 Å². The van der Waals surface area contributed by atoms with E-state index in [0.717, 1.165) is 5.56 Å². The SMILES string of the molecule is CCOc1ccc(NC(=O)/C(C#N)=C\c2cc(Cl)c(OCc3ccc(F)cc3)c(Br)c2)cc1. The first-order valence-electron chi connectivity index (χ1n) is 9.92. The van der Waals surface area contributed by atoms with Crippen molar-refractivity contribution in [2.45, 2.75) is 13.5 Å². The fourth-order valence-corrected chi connectivity index (χ4v) is 3.84. The summed E-state index contributed by atoms with van der Waals surface area (Å²) in [5.74, 6) is 0.211. The van der Waals surface area contributed by atoms with Gasteiger partial charge in [-0.15, -0.1) is 0 Å². The van der Waals surface area contributed by atoms with Gasteiger partial charge in [0, 0.05) is 5.69 Å². The van der Waals surface area contributed by atoms with E-state index in [4.69, 9.17) is 21.1 Å². The van der Waals surface area contributed by atoms with Crippen molar-refractivity contribution in [3.05, 3.63) is 92.7 Å². The topological polar surface area (TPSA) is 71.3 Å². The van der Waals surface area contributed by atoms with Crippen molar-refractivity contribution in [3.63, 3.8) is 0 Å². The van der Waals surface area contributed by atoms with E-state index in [1.54, 1.807) is 48.5 Å². The van der Waals surface area contributed by atoms with Crippen molar-refractivity contribution >= 4 is 45.2 Å². The average molecular weight is 530 g/mol. The highest BCUT2D eigenvalue weighted by atomic mass is 79.9. The molecule has 0 radical (unpaired) electrons. The van der Waals surface area contributed by atoms with E-state index in [1.807, 2.05) is 13.0 Å². The normalized spacial score (nSPS) is 10.9. The number of hydrogen-bond acceptors (Lipinski definition) is 4. The minimum absolute atomic E-state index is 0.0909. The van der Waals surface area contributed by atoms with Crippen molar-refractivity contribution in [1.29, 1.82) is 5.26 Å². The van der Waals surface area contributed by atoms with Crippen molar-refractivity contribution in [3.8, 4) is 17.6 Å². The van der Waals surface area contributed by atoms with Gasteiger partial charge in [-0.3, -0.25) is 4.79 Å².